The SMILES string of the molecule is COc1ccc(CCNC(=O)C(=O)N2CCN(Cc3ccc4c(c3)OCO4)CC2)cc1. The summed E-state index contributed by atoms with van der Waals surface area (Å²) in [4.78, 5) is 28.6. The van der Waals surface area contributed by atoms with Gasteiger partial charge in [-0.25, -0.2) is 0 Å². The Morgan fingerprint density at radius 1 is 0.968 bits per heavy atom. The molecule has 0 spiro atoms. The van der Waals surface area contributed by atoms with E-state index in [9.17, 15) is 9.59 Å². The fraction of sp³-hybridized carbons (Fsp3) is 0.391. The van der Waals surface area contributed by atoms with Crippen LogP contribution in [0.25, 0.3) is 0 Å². The van der Waals surface area contributed by atoms with Crippen LogP contribution in [0.2, 0.25) is 0 Å². The standard InChI is InChI=1S/C23H27N3O5/c1-29-19-5-2-17(3-6-19)8-9-24-22(27)23(28)26-12-10-25(11-13-26)15-18-4-7-20-21(14-18)31-16-30-20/h2-7,14H,8-13,15-16H2,1H3,(H,24,27). The fourth-order valence-corrected chi connectivity index (χ4v) is 3.74. The molecule has 0 saturated carbocycles. The maximum Gasteiger partial charge on any atom is 0.311 e. The topological polar surface area (TPSA) is 80.3 Å². The molecule has 2 amide bonds. The molecule has 8 heteroatoms. The molecule has 2 aliphatic rings. The molecule has 2 aromatic carbocycles. The lowest BCUT2D eigenvalue weighted by molar-refractivity contribution is -0.147. The van der Waals surface area contributed by atoms with Crippen molar-refractivity contribution in [2.75, 3.05) is 46.6 Å². The van der Waals surface area contributed by atoms with Gasteiger partial charge in [0.25, 0.3) is 0 Å². The first kappa shape index (κ1) is 21.0. The summed E-state index contributed by atoms with van der Waals surface area (Å²) in [6.45, 7) is 3.97. The highest BCUT2D eigenvalue weighted by Crippen LogP contribution is 2.32. The lowest BCUT2D eigenvalue weighted by Crippen LogP contribution is -2.52. The van der Waals surface area contributed by atoms with Crippen LogP contribution in [-0.4, -0.2) is 68.2 Å². The molecule has 2 heterocycles. The first-order valence-electron chi connectivity index (χ1n) is 10.4. The number of rotatable bonds is 6. The van der Waals surface area contributed by atoms with Crippen molar-refractivity contribution in [2.45, 2.75) is 13.0 Å². The minimum absolute atomic E-state index is 0.266. The average Bonchev–Trinajstić information content (AvgIpc) is 3.27. The Morgan fingerprint density at radius 2 is 1.68 bits per heavy atom. The van der Waals surface area contributed by atoms with Crippen molar-refractivity contribution in [3.63, 3.8) is 0 Å². The maximum absolute atomic E-state index is 12.5. The molecule has 0 aromatic heterocycles. The van der Waals surface area contributed by atoms with Gasteiger partial charge < -0.3 is 24.4 Å². The molecule has 0 bridgehead atoms. The first-order valence-corrected chi connectivity index (χ1v) is 10.4. The highest BCUT2D eigenvalue weighted by atomic mass is 16.7. The summed E-state index contributed by atoms with van der Waals surface area (Å²) >= 11 is 0. The van der Waals surface area contributed by atoms with Crippen molar-refractivity contribution >= 4 is 11.8 Å². The van der Waals surface area contributed by atoms with Gasteiger partial charge in [0, 0.05) is 39.3 Å². The van der Waals surface area contributed by atoms with Crippen molar-refractivity contribution < 1.29 is 23.8 Å². The predicted octanol–water partition coefficient (Wildman–Crippen LogP) is 1.43. The van der Waals surface area contributed by atoms with E-state index < -0.39 is 11.8 Å². The van der Waals surface area contributed by atoms with Crippen molar-refractivity contribution in [1.29, 1.82) is 0 Å². The number of carbonyl (C=O) groups is 2. The molecular formula is C23H27N3O5. The number of hydrogen-bond donors (Lipinski definition) is 1. The van der Waals surface area contributed by atoms with Crippen molar-refractivity contribution in [3.05, 3.63) is 53.6 Å². The highest BCUT2D eigenvalue weighted by molar-refractivity contribution is 6.35. The van der Waals surface area contributed by atoms with Crippen LogP contribution in [0.5, 0.6) is 17.2 Å². The lowest BCUT2D eigenvalue weighted by atomic mass is 10.1. The Morgan fingerprint density at radius 3 is 2.42 bits per heavy atom. The fourth-order valence-electron chi connectivity index (χ4n) is 3.74. The van der Waals surface area contributed by atoms with Gasteiger partial charge >= 0.3 is 11.8 Å². The number of nitrogens with one attached hydrogen (secondary N) is 1. The van der Waals surface area contributed by atoms with Crippen LogP contribution < -0.4 is 19.5 Å². The number of amides is 2. The van der Waals surface area contributed by atoms with E-state index in [-0.39, 0.29) is 6.79 Å². The largest absolute Gasteiger partial charge is 0.497 e. The average molecular weight is 425 g/mol. The van der Waals surface area contributed by atoms with Crippen LogP contribution in [0.4, 0.5) is 0 Å². The molecule has 8 nitrogen and oxygen atoms in total. The van der Waals surface area contributed by atoms with E-state index in [0.717, 1.165) is 48.0 Å². The summed E-state index contributed by atoms with van der Waals surface area (Å²) in [5.74, 6) is 1.34. The zero-order valence-corrected chi connectivity index (χ0v) is 17.6. The van der Waals surface area contributed by atoms with E-state index in [4.69, 9.17) is 14.2 Å². The van der Waals surface area contributed by atoms with Gasteiger partial charge in [-0.05, 0) is 41.8 Å². The number of fused-ring (bicyclic) bond motifs is 1. The second-order valence-electron chi connectivity index (χ2n) is 7.61. The molecule has 0 radical (unpaired) electrons. The van der Waals surface area contributed by atoms with Crippen LogP contribution in [-0.2, 0) is 22.6 Å². The smallest absolute Gasteiger partial charge is 0.311 e. The number of nitrogens with zero attached hydrogens (tertiary/aromatic N) is 2. The number of benzene rings is 2. The van der Waals surface area contributed by atoms with E-state index in [0.29, 0.717) is 26.1 Å². The maximum atomic E-state index is 12.5. The predicted molar refractivity (Wildman–Crippen MR) is 114 cm³/mol. The minimum Gasteiger partial charge on any atom is -0.497 e. The quantitative estimate of drug-likeness (QED) is 0.706. The number of carbonyl (C=O) groups excluding carboxylic acids is 2. The van der Waals surface area contributed by atoms with E-state index in [1.807, 2.05) is 42.5 Å². The Balaban J connectivity index is 1.19. The molecule has 4 rings (SSSR count). The second-order valence-corrected chi connectivity index (χ2v) is 7.61. The van der Waals surface area contributed by atoms with Gasteiger partial charge in [0.05, 0.1) is 7.11 Å². The number of piperazine rings is 1. The summed E-state index contributed by atoms with van der Waals surface area (Å²) in [5.41, 5.74) is 2.21. The van der Waals surface area contributed by atoms with Crippen LogP contribution >= 0.6 is 0 Å². The van der Waals surface area contributed by atoms with Crippen LogP contribution in [0, 0.1) is 0 Å². The van der Waals surface area contributed by atoms with Crippen molar-refractivity contribution in [1.82, 2.24) is 15.1 Å². The van der Waals surface area contributed by atoms with Crippen LogP contribution in [0.3, 0.4) is 0 Å². The molecule has 2 aliphatic heterocycles. The third kappa shape index (κ3) is 5.27. The monoisotopic (exact) mass is 425 g/mol. The summed E-state index contributed by atoms with van der Waals surface area (Å²) in [7, 11) is 1.62. The molecule has 1 saturated heterocycles. The molecule has 31 heavy (non-hydrogen) atoms. The first-order chi connectivity index (χ1) is 15.1. The number of ether oxygens (including phenoxy) is 3. The van der Waals surface area contributed by atoms with Crippen molar-refractivity contribution in [3.8, 4) is 17.2 Å². The summed E-state index contributed by atoms with van der Waals surface area (Å²) in [6, 6.07) is 13.6. The number of hydrogen-bond acceptors (Lipinski definition) is 6. The van der Waals surface area contributed by atoms with Gasteiger partial charge in [-0.3, -0.25) is 14.5 Å². The van der Waals surface area contributed by atoms with Gasteiger partial charge in [-0.15, -0.1) is 0 Å². The van der Waals surface area contributed by atoms with E-state index >= 15 is 0 Å². The van der Waals surface area contributed by atoms with Gasteiger partial charge in [-0.1, -0.05) is 18.2 Å². The summed E-state index contributed by atoms with van der Waals surface area (Å²) < 4.78 is 15.9. The Hall–Kier alpha value is -3.26. The van der Waals surface area contributed by atoms with Gasteiger partial charge in [0.1, 0.15) is 5.75 Å². The van der Waals surface area contributed by atoms with Gasteiger partial charge in [0.2, 0.25) is 6.79 Å². The molecule has 0 unspecified atom stereocenters. The summed E-state index contributed by atoms with van der Waals surface area (Å²) in [6.07, 6.45) is 0.659. The Labute approximate surface area is 181 Å². The molecule has 1 N–H and O–H groups in total. The minimum atomic E-state index is -0.544. The molecule has 0 atom stereocenters. The zero-order chi connectivity index (χ0) is 21.6. The lowest BCUT2D eigenvalue weighted by Gasteiger charge is -2.34. The zero-order valence-electron chi connectivity index (χ0n) is 17.6. The van der Waals surface area contributed by atoms with Crippen LogP contribution in [0.15, 0.2) is 42.5 Å². The van der Waals surface area contributed by atoms with Gasteiger partial charge in [0.15, 0.2) is 11.5 Å². The van der Waals surface area contributed by atoms with E-state index in [1.165, 1.54) is 0 Å². The van der Waals surface area contributed by atoms with Crippen molar-refractivity contribution in [2.24, 2.45) is 0 Å². The molecule has 0 aliphatic carbocycles. The Bertz CT molecular complexity index is 923. The Kier molecular flexibility index (Phi) is 6.57. The second kappa shape index (κ2) is 9.70. The highest BCUT2D eigenvalue weighted by Gasteiger charge is 2.26. The summed E-state index contributed by atoms with van der Waals surface area (Å²) in [5, 5.41) is 2.73. The molecule has 164 valence electrons. The number of methoxy groups -OCH3 is 1. The molecule has 2 aromatic rings. The van der Waals surface area contributed by atoms with Gasteiger partial charge in [-0.2, -0.15) is 0 Å². The molecule has 1 fully saturated rings. The van der Waals surface area contributed by atoms with Crippen LogP contribution in [0.1, 0.15) is 11.1 Å². The van der Waals surface area contributed by atoms with E-state index in [2.05, 4.69) is 10.2 Å². The third-order valence-corrected chi connectivity index (χ3v) is 5.56. The normalized spacial score (nSPS) is 15.6. The third-order valence-electron chi connectivity index (χ3n) is 5.56. The molecular weight excluding hydrogens is 398 g/mol. The van der Waals surface area contributed by atoms with E-state index in [1.54, 1.807) is 12.0 Å².